The molecule has 0 aliphatic carbocycles. The van der Waals surface area contributed by atoms with Crippen molar-refractivity contribution in [2.24, 2.45) is 4.99 Å². The van der Waals surface area contributed by atoms with E-state index in [0.717, 1.165) is 22.4 Å². The normalized spacial score (nSPS) is 19.7. The maximum atomic E-state index is 13.6. The van der Waals surface area contributed by atoms with Crippen LogP contribution >= 0.6 is 11.3 Å². The van der Waals surface area contributed by atoms with Gasteiger partial charge in [0.1, 0.15) is 11.9 Å². The van der Waals surface area contributed by atoms with Crippen LogP contribution in [0.1, 0.15) is 31.0 Å². The molecule has 1 aromatic heterocycles. The first-order chi connectivity index (χ1) is 16.0. The molecule has 0 N–H and O–H groups in total. The van der Waals surface area contributed by atoms with Crippen LogP contribution < -0.4 is 19.6 Å². The summed E-state index contributed by atoms with van der Waals surface area (Å²) in [5, 5.41) is 0. The van der Waals surface area contributed by atoms with Gasteiger partial charge in [-0.2, -0.15) is 0 Å². The van der Waals surface area contributed by atoms with Gasteiger partial charge in [0.15, 0.2) is 4.80 Å². The Balaban J connectivity index is 1.71. The van der Waals surface area contributed by atoms with Crippen molar-refractivity contribution in [1.29, 1.82) is 0 Å². The van der Waals surface area contributed by atoms with Crippen molar-refractivity contribution < 1.29 is 14.3 Å². The molecule has 2 aromatic carbocycles. The lowest BCUT2D eigenvalue weighted by Gasteiger charge is -2.24. The van der Waals surface area contributed by atoms with Crippen molar-refractivity contribution in [2.75, 3.05) is 7.11 Å². The van der Waals surface area contributed by atoms with Gasteiger partial charge in [0, 0.05) is 5.56 Å². The number of para-hydroxylation sites is 1. The molecule has 2 unspecified atom stereocenters. The second-order valence-electron chi connectivity index (χ2n) is 7.93. The van der Waals surface area contributed by atoms with Crippen LogP contribution in [0.25, 0.3) is 12.2 Å². The monoisotopic (exact) mass is 458 g/mol. The lowest BCUT2D eigenvalue weighted by atomic mass is 9.96. The first-order valence-corrected chi connectivity index (χ1v) is 11.4. The average Bonchev–Trinajstić information content (AvgIpc) is 3.13. The molecule has 3 heterocycles. The highest BCUT2D eigenvalue weighted by Crippen LogP contribution is 2.31. The fourth-order valence-corrected chi connectivity index (χ4v) is 5.26. The largest absolute Gasteiger partial charge is 0.485 e. The van der Waals surface area contributed by atoms with Gasteiger partial charge >= 0.3 is 5.97 Å². The molecule has 33 heavy (non-hydrogen) atoms. The van der Waals surface area contributed by atoms with E-state index in [4.69, 9.17) is 9.47 Å². The summed E-state index contributed by atoms with van der Waals surface area (Å²) in [5.74, 6) is 0.332. The Morgan fingerprint density at radius 2 is 1.88 bits per heavy atom. The third-order valence-corrected chi connectivity index (χ3v) is 6.84. The highest BCUT2D eigenvalue weighted by Gasteiger charge is 2.33. The first kappa shape index (κ1) is 21.2. The molecule has 0 fully saturated rings. The van der Waals surface area contributed by atoms with Crippen molar-refractivity contribution in [3.05, 3.63) is 102 Å². The van der Waals surface area contributed by atoms with Crippen molar-refractivity contribution in [1.82, 2.24) is 4.57 Å². The molecule has 166 valence electrons. The minimum absolute atomic E-state index is 0.198. The summed E-state index contributed by atoms with van der Waals surface area (Å²) >= 11 is 1.31. The molecule has 0 spiro atoms. The van der Waals surface area contributed by atoms with Crippen molar-refractivity contribution in [2.45, 2.75) is 26.0 Å². The number of allylic oxidation sites excluding steroid dienone is 1. The summed E-state index contributed by atoms with van der Waals surface area (Å²) in [6, 6.07) is 16.7. The van der Waals surface area contributed by atoms with E-state index in [9.17, 15) is 9.59 Å². The van der Waals surface area contributed by atoms with Crippen LogP contribution in [0, 0.1) is 0 Å². The molecule has 5 rings (SSSR count). The lowest BCUT2D eigenvalue weighted by molar-refractivity contribution is -0.136. The van der Waals surface area contributed by atoms with E-state index in [1.54, 1.807) is 11.5 Å². The molecule has 3 aromatic rings. The molecule has 2 atom stereocenters. The number of hydrogen-bond acceptors (Lipinski definition) is 6. The van der Waals surface area contributed by atoms with Gasteiger partial charge in [0.25, 0.3) is 5.56 Å². The van der Waals surface area contributed by atoms with Gasteiger partial charge in [-0.15, -0.1) is 0 Å². The van der Waals surface area contributed by atoms with Gasteiger partial charge in [0.2, 0.25) is 0 Å². The summed E-state index contributed by atoms with van der Waals surface area (Å²) in [7, 11) is 1.34. The van der Waals surface area contributed by atoms with Gasteiger partial charge in [-0.3, -0.25) is 9.36 Å². The van der Waals surface area contributed by atoms with E-state index in [2.05, 4.69) is 4.99 Å². The fourth-order valence-electron chi connectivity index (χ4n) is 4.22. The number of ether oxygens (including phenoxy) is 2. The van der Waals surface area contributed by atoms with Crippen LogP contribution in [-0.4, -0.2) is 23.8 Å². The predicted molar refractivity (Wildman–Crippen MR) is 128 cm³/mol. The SMILES string of the molecule is COC(=O)C1=C(C)N=c2s/c(=C\C3=Cc4ccccc4OC3C)c(=O)n2C1c1ccccc1. The van der Waals surface area contributed by atoms with E-state index < -0.39 is 12.0 Å². The topological polar surface area (TPSA) is 69.9 Å². The second-order valence-corrected chi connectivity index (χ2v) is 8.94. The van der Waals surface area contributed by atoms with Crippen molar-refractivity contribution in [3.8, 4) is 5.75 Å². The number of nitrogens with zero attached hydrogens (tertiary/aromatic N) is 2. The summed E-state index contributed by atoms with van der Waals surface area (Å²) in [5.41, 5.74) is 3.41. The van der Waals surface area contributed by atoms with Gasteiger partial charge in [0.05, 0.1) is 29.0 Å². The highest BCUT2D eigenvalue weighted by molar-refractivity contribution is 7.07. The molecular formula is C26H22N2O4S. The van der Waals surface area contributed by atoms with Gasteiger partial charge < -0.3 is 9.47 Å². The number of benzene rings is 2. The maximum absolute atomic E-state index is 13.6. The zero-order valence-electron chi connectivity index (χ0n) is 18.4. The standard InChI is InChI=1S/C26H22N2O4S/c1-15-22(25(30)31-3)23(17-9-5-4-6-10-17)28-24(29)21(33-26(28)27-15)14-19-13-18-11-7-8-12-20(18)32-16(19)2/h4-14,16,23H,1-3H3/b21-14-. The molecule has 0 saturated heterocycles. The average molecular weight is 459 g/mol. The van der Waals surface area contributed by atoms with E-state index in [0.29, 0.717) is 20.6 Å². The molecule has 2 aliphatic rings. The fraction of sp³-hybridized carbons (Fsp3) is 0.192. The third kappa shape index (κ3) is 3.64. The van der Waals surface area contributed by atoms with E-state index >= 15 is 0 Å². The number of aromatic nitrogens is 1. The Kier molecular flexibility index (Phi) is 5.34. The summed E-state index contributed by atoms with van der Waals surface area (Å²) in [4.78, 5) is 31.4. The van der Waals surface area contributed by atoms with Crippen LogP contribution in [0.15, 0.2) is 81.2 Å². The third-order valence-electron chi connectivity index (χ3n) is 5.85. The lowest BCUT2D eigenvalue weighted by Crippen LogP contribution is -2.39. The number of carbonyl (C=O) groups excluding carboxylic acids is 1. The molecule has 2 aliphatic heterocycles. The molecule has 7 heteroatoms. The first-order valence-electron chi connectivity index (χ1n) is 10.6. The molecular weight excluding hydrogens is 436 g/mol. The summed E-state index contributed by atoms with van der Waals surface area (Å²) < 4.78 is 13.2. The van der Waals surface area contributed by atoms with Crippen LogP contribution in [0.3, 0.4) is 0 Å². The molecule has 0 bridgehead atoms. The van der Waals surface area contributed by atoms with E-state index in [1.807, 2.05) is 73.7 Å². The van der Waals surface area contributed by atoms with Gasteiger partial charge in [-0.05, 0) is 43.2 Å². The maximum Gasteiger partial charge on any atom is 0.338 e. The number of rotatable bonds is 3. The summed E-state index contributed by atoms with van der Waals surface area (Å²) in [6.07, 6.45) is 3.71. The van der Waals surface area contributed by atoms with Gasteiger partial charge in [-0.25, -0.2) is 9.79 Å². The quantitative estimate of drug-likeness (QED) is 0.565. The van der Waals surface area contributed by atoms with Crippen molar-refractivity contribution in [3.63, 3.8) is 0 Å². The van der Waals surface area contributed by atoms with Crippen molar-refractivity contribution >= 4 is 29.5 Å². The minimum atomic E-state index is -0.605. The Labute approximate surface area is 194 Å². The zero-order valence-corrected chi connectivity index (χ0v) is 19.3. The predicted octanol–water partition coefficient (Wildman–Crippen LogP) is 3.22. The Morgan fingerprint density at radius 1 is 1.15 bits per heavy atom. The Hall–Kier alpha value is -3.71. The molecule has 0 amide bonds. The Morgan fingerprint density at radius 3 is 2.64 bits per heavy atom. The van der Waals surface area contributed by atoms with E-state index in [1.165, 1.54) is 18.4 Å². The molecule has 0 saturated carbocycles. The second kappa shape index (κ2) is 8.33. The van der Waals surface area contributed by atoms with Gasteiger partial charge in [-0.1, -0.05) is 59.9 Å². The summed E-state index contributed by atoms with van der Waals surface area (Å²) in [6.45, 7) is 3.73. The number of hydrogen-bond donors (Lipinski definition) is 0. The number of methoxy groups -OCH3 is 1. The van der Waals surface area contributed by atoms with Crippen LogP contribution in [-0.2, 0) is 9.53 Å². The smallest absolute Gasteiger partial charge is 0.338 e. The number of esters is 1. The minimum Gasteiger partial charge on any atom is -0.485 e. The number of thiazole rings is 1. The molecule has 0 radical (unpaired) electrons. The van der Waals surface area contributed by atoms with Crippen LogP contribution in [0.5, 0.6) is 5.75 Å². The highest BCUT2D eigenvalue weighted by atomic mass is 32.1. The number of carbonyl (C=O) groups is 1. The Bertz CT molecular complexity index is 1490. The number of fused-ring (bicyclic) bond motifs is 2. The zero-order chi connectivity index (χ0) is 23.1. The van der Waals surface area contributed by atoms with E-state index in [-0.39, 0.29) is 11.7 Å². The van der Waals surface area contributed by atoms with Crippen LogP contribution in [0.2, 0.25) is 0 Å². The van der Waals surface area contributed by atoms with Crippen LogP contribution in [0.4, 0.5) is 0 Å². The molecule has 6 nitrogen and oxygen atoms in total.